The largest absolute Gasteiger partial charge is 0.480 e. The van der Waals surface area contributed by atoms with Gasteiger partial charge in [-0.2, -0.15) is 0 Å². The highest BCUT2D eigenvalue weighted by atomic mass is 16.4. The third-order valence-corrected chi connectivity index (χ3v) is 2.76. The molecule has 6 heteroatoms. The lowest BCUT2D eigenvalue weighted by molar-refractivity contribution is -0.148. The summed E-state index contributed by atoms with van der Waals surface area (Å²) >= 11 is 0. The summed E-state index contributed by atoms with van der Waals surface area (Å²) in [4.78, 5) is 23.9. The van der Waals surface area contributed by atoms with Crippen molar-refractivity contribution < 1.29 is 19.8 Å². The van der Waals surface area contributed by atoms with Gasteiger partial charge in [-0.15, -0.1) is 0 Å². The van der Waals surface area contributed by atoms with Crippen molar-refractivity contribution in [1.29, 1.82) is 0 Å². The number of rotatable bonds is 4. The van der Waals surface area contributed by atoms with E-state index in [1.807, 2.05) is 6.92 Å². The van der Waals surface area contributed by atoms with Crippen molar-refractivity contribution in [3.05, 3.63) is 0 Å². The van der Waals surface area contributed by atoms with Gasteiger partial charge in [0, 0.05) is 13.0 Å². The molecule has 0 saturated carbocycles. The smallest absolute Gasteiger partial charge is 0.326 e. The standard InChI is InChI=1S/C10H18N2O4/c1-2-3-7(11)9(14)12-5-6(13)4-8(12)10(15)16/h6-8,13H,2-5,11H2,1H3,(H,15,16)/t6?,7-,8?/m0/s1. The Kier molecular flexibility index (Phi) is 4.26. The molecule has 3 atom stereocenters. The monoisotopic (exact) mass is 230 g/mol. The number of aliphatic hydroxyl groups is 1. The van der Waals surface area contributed by atoms with Gasteiger partial charge in [0.15, 0.2) is 0 Å². The van der Waals surface area contributed by atoms with Crippen LogP contribution in [-0.2, 0) is 9.59 Å². The zero-order chi connectivity index (χ0) is 12.3. The van der Waals surface area contributed by atoms with E-state index in [1.165, 1.54) is 4.90 Å². The summed E-state index contributed by atoms with van der Waals surface area (Å²) in [6.07, 6.45) is 0.609. The molecule has 0 spiro atoms. The van der Waals surface area contributed by atoms with Crippen LogP contribution in [0.25, 0.3) is 0 Å². The maximum absolute atomic E-state index is 11.8. The molecule has 1 fully saturated rings. The molecule has 1 aliphatic rings. The number of β-amino-alcohol motifs (C(OH)–C–C–N with tert-alkyl or cyclic N) is 1. The summed E-state index contributed by atoms with van der Waals surface area (Å²) in [5.41, 5.74) is 5.65. The van der Waals surface area contributed by atoms with E-state index in [4.69, 9.17) is 10.8 Å². The average molecular weight is 230 g/mol. The Morgan fingerprint density at radius 3 is 2.69 bits per heavy atom. The van der Waals surface area contributed by atoms with Gasteiger partial charge < -0.3 is 20.8 Å². The number of carboxylic acids is 1. The molecule has 1 heterocycles. The van der Waals surface area contributed by atoms with Gasteiger partial charge in [0.2, 0.25) is 5.91 Å². The quantitative estimate of drug-likeness (QED) is 0.584. The highest BCUT2D eigenvalue weighted by molar-refractivity contribution is 5.87. The van der Waals surface area contributed by atoms with Gasteiger partial charge in [-0.3, -0.25) is 4.79 Å². The van der Waals surface area contributed by atoms with Gasteiger partial charge in [0.25, 0.3) is 0 Å². The fourth-order valence-electron chi connectivity index (χ4n) is 1.94. The molecule has 2 unspecified atom stereocenters. The minimum atomic E-state index is -1.09. The molecule has 1 rings (SSSR count). The van der Waals surface area contributed by atoms with Crippen LogP contribution >= 0.6 is 0 Å². The van der Waals surface area contributed by atoms with Crippen LogP contribution in [0.1, 0.15) is 26.2 Å². The number of amides is 1. The van der Waals surface area contributed by atoms with Crippen LogP contribution in [0.3, 0.4) is 0 Å². The van der Waals surface area contributed by atoms with E-state index in [0.29, 0.717) is 6.42 Å². The summed E-state index contributed by atoms with van der Waals surface area (Å²) in [5, 5.41) is 18.3. The van der Waals surface area contributed by atoms with Crippen molar-refractivity contribution in [3.8, 4) is 0 Å². The number of likely N-dealkylation sites (tertiary alicyclic amines) is 1. The molecule has 0 aliphatic carbocycles. The second-order valence-corrected chi connectivity index (χ2v) is 4.13. The zero-order valence-corrected chi connectivity index (χ0v) is 9.30. The molecule has 16 heavy (non-hydrogen) atoms. The third kappa shape index (κ3) is 2.70. The normalized spacial score (nSPS) is 26.8. The van der Waals surface area contributed by atoms with Crippen molar-refractivity contribution in [3.63, 3.8) is 0 Å². The molecule has 6 nitrogen and oxygen atoms in total. The van der Waals surface area contributed by atoms with Crippen LogP contribution < -0.4 is 5.73 Å². The number of aliphatic hydroxyl groups excluding tert-OH is 1. The van der Waals surface area contributed by atoms with Crippen LogP contribution in [-0.4, -0.2) is 51.7 Å². The van der Waals surface area contributed by atoms with Gasteiger partial charge in [0.05, 0.1) is 12.1 Å². The first-order valence-corrected chi connectivity index (χ1v) is 5.44. The Labute approximate surface area is 94.0 Å². The van der Waals surface area contributed by atoms with E-state index < -0.39 is 24.2 Å². The second kappa shape index (κ2) is 5.27. The first-order chi connectivity index (χ1) is 7.47. The number of carboxylic acid groups (broad SMARTS) is 1. The predicted molar refractivity (Wildman–Crippen MR) is 56.6 cm³/mol. The van der Waals surface area contributed by atoms with E-state index in [0.717, 1.165) is 6.42 Å². The van der Waals surface area contributed by atoms with Crippen molar-refractivity contribution in [1.82, 2.24) is 4.90 Å². The van der Waals surface area contributed by atoms with E-state index in [-0.39, 0.29) is 18.9 Å². The number of hydrogen-bond donors (Lipinski definition) is 3. The Morgan fingerprint density at radius 2 is 2.19 bits per heavy atom. The van der Waals surface area contributed by atoms with Crippen LogP contribution in [0.5, 0.6) is 0 Å². The van der Waals surface area contributed by atoms with E-state index in [9.17, 15) is 14.7 Å². The summed E-state index contributed by atoms with van der Waals surface area (Å²) in [6.45, 7) is 1.97. The molecule has 1 saturated heterocycles. The Bertz CT molecular complexity index is 282. The number of nitrogens with two attached hydrogens (primary N) is 1. The molecule has 0 aromatic carbocycles. The second-order valence-electron chi connectivity index (χ2n) is 4.13. The van der Waals surface area contributed by atoms with Crippen molar-refractivity contribution >= 4 is 11.9 Å². The highest BCUT2D eigenvalue weighted by Crippen LogP contribution is 2.19. The third-order valence-electron chi connectivity index (χ3n) is 2.76. The Balaban J connectivity index is 2.70. The molecule has 0 radical (unpaired) electrons. The lowest BCUT2D eigenvalue weighted by Crippen LogP contribution is -2.48. The summed E-state index contributed by atoms with van der Waals surface area (Å²) in [7, 11) is 0. The molecule has 1 aliphatic heterocycles. The van der Waals surface area contributed by atoms with Gasteiger partial charge in [0.1, 0.15) is 6.04 Å². The minimum absolute atomic E-state index is 0.0627. The number of carbonyl (C=O) groups excluding carboxylic acids is 1. The molecule has 92 valence electrons. The molecule has 0 aromatic rings. The molecule has 1 amide bonds. The molecule has 4 N–H and O–H groups in total. The van der Waals surface area contributed by atoms with E-state index in [1.54, 1.807) is 0 Å². The van der Waals surface area contributed by atoms with Gasteiger partial charge in [-0.05, 0) is 6.42 Å². The van der Waals surface area contributed by atoms with Crippen LogP contribution in [0.4, 0.5) is 0 Å². The van der Waals surface area contributed by atoms with Crippen molar-refractivity contribution in [2.75, 3.05) is 6.54 Å². The van der Waals surface area contributed by atoms with Gasteiger partial charge >= 0.3 is 5.97 Å². The maximum atomic E-state index is 11.8. The Hall–Kier alpha value is -1.14. The summed E-state index contributed by atoms with van der Waals surface area (Å²) in [5.74, 6) is -1.47. The number of hydrogen-bond acceptors (Lipinski definition) is 4. The SMILES string of the molecule is CCC[C@H](N)C(=O)N1CC(O)CC1C(=O)O. The fourth-order valence-corrected chi connectivity index (χ4v) is 1.94. The fraction of sp³-hybridized carbons (Fsp3) is 0.800. The van der Waals surface area contributed by atoms with Crippen LogP contribution in [0.15, 0.2) is 0 Å². The van der Waals surface area contributed by atoms with Crippen molar-refractivity contribution in [2.45, 2.75) is 44.4 Å². The average Bonchev–Trinajstić information content (AvgIpc) is 2.59. The minimum Gasteiger partial charge on any atom is -0.480 e. The lowest BCUT2D eigenvalue weighted by Gasteiger charge is -2.24. The van der Waals surface area contributed by atoms with Crippen LogP contribution in [0, 0.1) is 0 Å². The highest BCUT2D eigenvalue weighted by Gasteiger charge is 2.40. The molecule has 0 aromatic heterocycles. The van der Waals surface area contributed by atoms with Crippen molar-refractivity contribution in [2.24, 2.45) is 5.73 Å². The van der Waals surface area contributed by atoms with E-state index >= 15 is 0 Å². The summed E-state index contributed by atoms with van der Waals surface area (Å²) in [6, 6.07) is -1.61. The number of carbonyl (C=O) groups is 2. The lowest BCUT2D eigenvalue weighted by atomic mass is 10.1. The number of aliphatic carboxylic acids is 1. The zero-order valence-electron chi connectivity index (χ0n) is 9.30. The van der Waals surface area contributed by atoms with Gasteiger partial charge in [-0.25, -0.2) is 4.79 Å². The Morgan fingerprint density at radius 1 is 1.56 bits per heavy atom. The first kappa shape index (κ1) is 12.9. The van der Waals surface area contributed by atoms with E-state index in [2.05, 4.69) is 0 Å². The topological polar surface area (TPSA) is 104 Å². The molecular formula is C10H18N2O4. The van der Waals surface area contributed by atoms with Crippen LogP contribution in [0.2, 0.25) is 0 Å². The summed E-state index contributed by atoms with van der Waals surface area (Å²) < 4.78 is 0. The predicted octanol–water partition coefficient (Wildman–Crippen LogP) is -0.840. The molecular weight excluding hydrogens is 212 g/mol. The first-order valence-electron chi connectivity index (χ1n) is 5.44. The van der Waals surface area contributed by atoms with Gasteiger partial charge in [-0.1, -0.05) is 13.3 Å². The maximum Gasteiger partial charge on any atom is 0.326 e. The molecule has 0 bridgehead atoms. The number of nitrogens with zero attached hydrogens (tertiary/aromatic N) is 1.